The Bertz CT molecular complexity index is 1080. The van der Waals surface area contributed by atoms with Gasteiger partial charge in [0.25, 0.3) is 5.91 Å². The Morgan fingerprint density at radius 3 is 3.00 bits per heavy atom. The van der Waals surface area contributed by atoms with Crippen LogP contribution in [-0.2, 0) is 16.1 Å². The van der Waals surface area contributed by atoms with Gasteiger partial charge in [-0.15, -0.1) is 0 Å². The molecule has 0 spiro atoms. The Labute approximate surface area is 172 Å². The Hall–Kier alpha value is -2.84. The number of para-hydroxylation sites is 2. The number of aromatic nitrogens is 2. The van der Waals surface area contributed by atoms with Crippen molar-refractivity contribution in [1.82, 2.24) is 9.55 Å². The number of hydrogen-bond donors (Lipinski definition) is 1. The van der Waals surface area contributed by atoms with E-state index in [0.29, 0.717) is 30.2 Å². The number of Topliss-reactive ketones (excluding diaryl/α,β-unsaturated/α-hetero) is 1. The molecule has 1 aliphatic rings. The van der Waals surface area contributed by atoms with Gasteiger partial charge in [-0.1, -0.05) is 23.9 Å². The van der Waals surface area contributed by atoms with Crippen molar-refractivity contribution in [1.29, 1.82) is 0 Å². The van der Waals surface area contributed by atoms with Gasteiger partial charge >= 0.3 is 0 Å². The number of rotatable bonds is 7. The van der Waals surface area contributed by atoms with E-state index in [4.69, 9.17) is 14.5 Å². The number of hydrogen-bond acceptors (Lipinski definition) is 6. The second kappa shape index (κ2) is 8.26. The van der Waals surface area contributed by atoms with Crippen molar-refractivity contribution in [3.63, 3.8) is 0 Å². The molecule has 2 heterocycles. The van der Waals surface area contributed by atoms with Crippen molar-refractivity contribution in [3.05, 3.63) is 48.0 Å². The van der Waals surface area contributed by atoms with Crippen molar-refractivity contribution in [2.75, 3.05) is 25.6 Å². The summed E-state index contributed by atoms with van der Waals surface area (Å²) in [5, 5.41) is 3.16. The molecule has 1 aliphatic heterocycles. The predicted octanol–water partition coefficient (Wildman–Crippen LogP) is 3.38. The molecule has 2 aromatic carbocycles. The third-order valence-electron chi connectivity index (χ3n) is 4.69. The predicted molar refractivity (Wildman–Crippen MR) is 112 cm³/mol. The van der Waals surface area contributed by atoms with Gasteiger partial charge in [-0.2, -0.15) is 0 Å². The zero-order chi connectivity index (χ0) is 20.4. The summed E-state index contributed by atoms with van der Waals surface area (Å²) in [6.07, 6.45) is 0. The number of benzene rings is 2. The first-order valence-corrected chi connectivity index (χ1v) is 10.2. The second-order valence-electron chi connectivity index (χ2n) is 6.70. The monoisotopic (exact) mass is 411 g/mol. The van der Waals surface area contributed by atoms with Gasteiger partial charge in [-0.25, -0.2) is 4.98 Å². The molecule has 150 valence electrons. The third-order valence-corrected chi connectivity index (χ3v) is 5.78. The Morgan fingerprint density at radius 2 is 2.17 bits per heavy atom. The lowest BCUT2D eigenvalue weighted by molar-refractivity contribution is -0.118. The molecular formula is C21H21N3O4S. The summed E-state index contributed by atoms with van der Waals surface area (Å²) in [7, 11) is 1.66. The van der Waals surface area contributed by atoms with E-state index < -0.39 is 0 Å². The number of thioether (sulfide) groups is 1. The van der Waals surface area contributed by atoms with Gasteiger partial charge < -0.3 is 19.4 Å². The maximum atomic E-state index is 13.0. The van der Waals surface area contributed by atoms with E-state index in [2.05, 4.69) is 9.88 Å². The molecule has 1 aromatic heterocycles. The summed E-state index contributed by atoms with van der Waals surface area (Å²) in [6.45, 7) is 3.06. The number of imidazole rings is 1. The largest absolute Gasteiger partial charge is 0.482 e. The maximum Gasteiger partial charge on any atom is 0.262 e. The minimum Gasteiger partial charge on any atom is -0.482 e. The van der Waals surface area contributed by atoms with E-state index >= 15 is 0 Å². The highest BCUT2D eigenvalue weighted by atomic mass is 32.2. The molecule has 1 atom stereocenters. The van der Waals surface area contributed by atoms with E-state index in [1.165, 1.54) is 11.8 Å². The van der Waals surface area contributed by atoms with Crippen LogP contribution in [0.2, 0.25) is 0 Å². The molecule has 0 radical (unpaired) electrons. The molecule has 3 aromatic rings. The standard InChI is InChI=1S/C21H21N3O4S/c1-13(20(26)14-7-8-18-16(11-14)22-19(25)12-28-18)29-21-23-15-5-3-4-6-17(15)24(21)9-10-27-2/h3-8,11,13H,9-10,12H2,1-2H3,(H,22,25). The number of anilines is 1. The number of carbonyl (C=O) groups excluding carboxylic acids is 2. The van der Waals surface area contributed by atoms with Crippen LogP contribution in [0.5, 0.6) is 5.75 Å². The molecule has 1 N–H and O–H groups in total. The lowest BCUT2D eigenvalue weighted by atomic mass is 10.1. The van der Waals surface area contributed by atoms with Gasteiger partial charge in [0.05, 0.1) is 28.6 Å². The highest BCUT2D eigenvalue weighted by molar-refractivity contribution is 8.00. The number of methoxy groups -OCH3 is 1. The lowest BCUT2D eigenvalue weighted by Crippen LogP contribution is -2.25. The van der Waals surface area contributed by atoms with Crippen LogP contribution in [0.4, 0.5) is 5.69 Å². The van der Waals surface area contributed by atoms with Gasteiger partial charge in [0, 0.05) is 19.2 Å². The average Bonchev–Trinajstić information content (AvgIpc) is 3.07. The molecule has 8 heteroatoms. The van der Waals surface area contributed by atoms with Crippen LogP contribution in [0, 0.1) is 0 Å². The number of ketones is 1. The van der Waals surface area contributed by atoms with Gasteiger partial charge in [0.1, 0.15) is 5.75 Å². The number of ether oxygens (including phenoxy) is 2. The van der Waals surface area contributed by atoms with Crippen molar-refractivity contribution in [2.45, 2.75) is 23.9 Å². The second-order valence-corrected chi connectivity index (χ2v) is 8.01. The molecule has 0 saturated heterocycles. The number of nitrogens with zero attached hydrogens (tertiary/aromatic N) is 2. The molecule has 4 rings (SSSR count). The normalized spacial score (nSPS) is 14.2. The molecule has 1 unspecified atom stereocenters. The van der Waals surface area contributed by atoms with Crippen LogP contribution in [0.3, 0.4) is 0 Å². The molecule has 0 aliphatic carbocycles. The highest BCUT2D eigenvalue weighted by Gasteiger charge is 2.23. The van der Waals surface area contributed by atoms with Gasteiger partial charge in [-0.05, 0) is 37.3 Å². The van der Waals surface area contributed by atoms with Gasteiger partial charge in [0.2, 0.25) is 0 Å². The van der Waals surface area contributed by atoms with E-state index in [0.717, 1.165) is 16.2 Å². The smallest absolute Gasteiger partial charge is 0.262 e. The summed E-state index contributed by atoms with van der Waals surface area (Å²) >= 11 is 1.42. The van der Waals surface area contributed by atoms with Crippen LogP contribution in [-0.4, -0.2) is 46.8 Å². The zero-order valence-electron chi connectivity index (χ0n) is 16.2. The van der Waals surface area contributed by atoms with Gasteiger partial charge in [-0.3, -0.25) is 9.59 Å². The average molecular weight is 411 g/mol. The topological polar surface area (TPSA) is 82.5 Å². The minimum atomic E-state index is -0.355. The first kappa shape index (κ1) is 19.5. The lowest BCUT2D eigenvalue weighted by Gasteiger charge is -2.19. The summed E-state index contributed by atoms with van der Waals surface area (Å²) in [6, 6.07) is 13.0. The van der Waals surface area contributed by atoms with Crippen LogP contribution < -0.4 is 10.1 Å². The fourth-order valence-electron chi connectivity index (χ4n) is 3.22. The van der Waals surface area contributed by atoms with E-state index in [1.807, 2.05) is 31.2 Å². The van der Waals surface area contributed by atoms with E-state index in [9.17, 15) is 9.59 Å². The van der Waals surface area contributed by atoms with Crippen LogP contribution in [0.1, 0.15) is 17.3 Å². The molecule has 1 amide bonds. The molecular weight excluding hydrogens is 390 g/mol. The first-order valence-electron chi connectivity index (χ1n) is 9.28. The molecule has 7 nitrogen and oxygen atoms in total. The number of carbonyl (C=O) groups is 2. The third kappa shape index (κ3) is 3.99. The summed E-state index contributed by atoms with van der Waals surface area (Å²) < 4.78 is 12.7. The van der Waals surface area contributed by atoms with Crippen molar-refractivity contribution >= 4 is 40.2 Å². The minimum absolute atomic E-state index is 0.00968. The zero-order valence-corrected chi connectivity index (χ0v) is 17.0. The van der Waals surface area contributed by atoms with Crippen molar-refractivity contribution < 1.29 is 19.1 Å². The van der Waals surface area contributed by atoms with Gasteiger partial charge in [0.15, 0.2) is 17.5 Å². The SMILES string of the molecule is COCCn1c(SC(C)C(=O)c2ccc3c(c2)NC(=O)CO3)nc2ccccc21. The number of fused-ring (bicyclic) bond motifs is 2. The fraction of sp³-hybridized carbons (Fsp3) is 0.286. The van der Waals surface area contributed by atoms with Crippen molar-refractivity contribution in [3.8, 4) is 5.75 Å². The molecule has 0 bridgehead atoms. The number of amides is 1. The van der Waals surface area contributed by atoms with Crippen LogP contribution in [0.25, 0.3) is 11.0 Å². The summed E-state index contributed by atoms with van der Waals surface area (Å²) in [5.41, 5.74) is 2.95. The fourth-order valence-corrected chi connectivity index (χ4v) is 4.25. The summed E-state index contributed by atoms with van der Waals surface area (Å²) in [4.78, 5) is 29.3. The Kier molecular flexibility index (Phi) is 5.55. The Morgan fingerprint density at radius 1 is 1.34 bits per heavy atom. The maximum absolute atomic E-state index is 13.0. The highest BCUT2D eigenvalue weighted by Crippen LogP contribution is 2.32. The molecule has 29 heavy (non-hydrogen) atoms. The van der Waals surface area contributed by atoms with Crippen LogP contribution in [0.15, 0.2) is 47.6 Å². The molecule has 0 saturated carbocycles. The van der Waals surface area contributed by atoms with E-state index in [-0.39, 0.29) is 23.5 Å². The van der Waals surface area contributed by atoms with E-state index in [1.54, 1.807) is 25.3 Å². The van der Waals surface area contributed by atoms with Crippen LogP contribution >= 0.6 is 11.8 Å². The summed E-state index contributed by atoms with van der Waals surface area (Å²) in [5.74, 6) is 0.308. The molecule has 0 fully saturated rings. The Balaban J connectivity index is 1.58. The first-order chi connectivity index (χ1) is 14.1. The number of nitrogens with one attached hydrogen (secondary N) is 1. The quantitative estimate of drug-likeness (QED) is 0.474. The van der Waals surface area contributed by atoms with Crippen molar-refractivity contribution in [2.24, 2.45) is 0 Å².